The van der Waals surface area contributed by atoms with E-state index in [2.05, 4.69) is 9.98 Å². The molecule has 0 atom stereocenters. The molecule has 1 heterocycles. The summed E-state index contributed by atoms with van der Waals surface area (Å²) in [5, 5.41) is 23.0. The van der Waals surface area contributed by atoms with Gasteiger partial charge in [-0.05, 0) is 53.2 Å². The Bertz CT molecular complexity index is 1490. The molecule has 0 spiro atoms. The maximum Gasteiger partial charge on any atom is 0.231 e. The van der Waals surface area contributed by atoms with E-state index < -0.39 is 0 Å². The molecule has 5 aromatic rings. The van der Waals surface area contributed by atoms with Crippen LogP contribution in [0.3, 0.4) is 0 Å². The molecular weight excluding hydrogens is 435 g/mol. The Morgan fingerprint density at radius 1 is 0.903 bits per heavy atom. The number of halogens is 2. The van der Waals surface area contributed by atoms with Crippen LogP contribution >= 0.6 is 23.2 Å². The van der Waals surface area contributed by atoms with Gasteiger partial charge < -0.3 is 14.6 Å². The van der Waals surface area contributed by atoms with E-state index >= 15 is 0 Å². The second-order valence-electron chi connectivity index (χ2n) is 6.97. The molecule has 0 aliphatic heterocycles. The molecule has 5 nitrogen and oxygen atoms in total. The van der Waals surface area contributed by atoms with E-state index in [0.29, 0.717) is 38.8 Å². The molecule has 4 aromatic carbocycles. The van der Waals surface area contributed by atoms with Crippen LogP contribution in [0.15, 0.2) is 76.1 Å². The van der Waals surface area contributed by atoms with Crippen LogP contribution in [0.5, 0.6) is 11.5 Å². The van der Waals surface area contributed by atoms with Crippen molar-refractivity contribution in [3.63, 3.8) is 0 Å². The normalized spacial score (nSPS) is 11.7. The first-order valence-electron chi connectivity index (χ1n) is 9.33. The second kappa shape index (κ2) is 7.61. The van der Waals surface area contributed by atoms with E-state index in [1.54, 1.807) is 30.3 Å². The lowest BCUT2D eigenvalue weighted by Gasteiger charge is -2.03. The Hall–Kier alpha value is -3.54. The average Bonchev–Trinajstić information content (AvgIpc) is 3.17. The number of aliphatic imine (C=N–C) groups is 1. The lowest BCUT2D eigenvalue weighted by Crippen LogP contribution is -1.84. The number of aromatic nitrogens is 1. The van der Waals surface area contributed by atoms with E-state index in [1.807, 2.05) is 30.3 Å². The lowest BCUT2D eigenvalue weighted by molar-refractivity contribution is 0.474. The molecule has 5 rings (SSSR count). The monoisotopic (exact) mass is 448 g/mol. The molecule has 2 N–H and O–H groups in total. The van der Waals surface area contributed by atoms with Gasteiger partial charge in [0, 0.05) is 16.8 Å². The molecule has 7 heteroatoms. The number of phenolic OH excluding ortho intramolecular Hbond substituents is 2. The van der Waals surface area contributed by atoms with E-state index in [1.165, 1.54) is 12.3 Å². The molecule has 0 radical (unpaired) electrons. The van der Waals surface area contributed by atoms with Crippen LogP contribution in [-0.2, 0) is 0 Å². The highest BCUT2D eigenvalue weighted by Gasteiger charge is 2.14. The molecule has 0 fully saturated rings. The first kappa shape index (κ1) is 19.4. The summed E-state index contributed by atoms with van der Waals surface area (Å²) >= 11 is 11.9. The van der Waals surface area contributed by atoms with Crippen molar-refractivity contribution in [2.45, 2.75) is 0 Å². The summed E-state index contributed by atoms with van der Waals surface area (Å²) < 4.78 is 5.85. The van der Waals surface area contributed by atoms with Crippen molar-refractivity contribution in [2.24, 2.45) is 4.99 Å². The summed E-state index contributed by atoms with van der Waals surface area (Å²) in [4.78, 5) is 8.90. The molecule has 152 valence electrons. The number of phenols is 2. The van der Waals surface area contributed by atoms with Crippen LogP contribution in [0.25, 0.3) is 33.3 Å². The Labute approximate surface area is 186 Å². The highest BCUT2D eigenvalue weighted by atomic mass is 35.5. The SMILES string of the molecule is Oc1cc2ccccc2cc1-c1nc2cc(N=Cc3cc(Cl)cc(Cl)c3O)ccc2o1. The highest BCUT2D eigenvalue weighted by Crippen LogP contribution is 2.35. The number of aromatic hydroxyl groups is 2. The van der Waals surface area contributed by atoms with Gasteiger partial charge in [-0.25, -0.2) is 4.98 Å². The van der Waals surface area contributed by atoms with Crippen molar-refractivity contribution in [3.05, 3.63) is 82.3 Å². The summed E-state index contributed by atoms with van der Waals surface area (Å²) in [6, 6.07) is 19.6. The molecule has 0 aliphatic rings. The fourth-order valence-corrected chi connectivity index (χ4v) is 3.85. The van der Waals surface area contributed by atoms with Crippen molar-refractivity contribution in [1.82, 2.24) is 4.98 Å². The van der Waals surface area contributed by atoms with Crippen molar-refractivity contribution in [3.8, 4) is 23.0 Å². The second-order valence-corrected chi connectivity index (χ2v) is 7.81. The molecule has 0 amide bonds. The highest BCUT2D eigenvalue weighted by molar-refractivity contribution is 6.36. The first-order chi connectivity index (χ1) is 15.0. The fourth-order valence-electron chi connectivity index (χ4n) is 3.34. The summed E-state index contributed by atoms with van der Waals surface area (Å²) in [6.07, 6.45) is 1.48. The Morgan fingerprint density at radius 2 is 1.68 bits per heavy atom. The predicted molar refractivity (Wildman–Crippen MR) is 124 cm³/mol. The largest absolute Gasteiger partial charge is 0.507 e. The zero-order valence-corrected chi connectivity index (χ0v) is 17.4. The van der Waals surface area contributed by atoms with E-state index in [-0.39, 0.29) is 16.5 Å². The molecular formula is C24H14Cl2N2O3. The summed E-state index contributed by atoms with van der Waals surface area (Å²) in [7, 11) is 0. The minimum atomic E-state index is -0.0913. The number of oxazole rings is 1. The van der Waals surface area contributed by atoms with Crippen molar-refractivity contribution >= 4 is 57.0 Å². The van der Waals surface area contributed by atoms with Crippen LogP contribution in [0.4, 0.5) is 5.69 Å². The third-order valence-electron chi connectivity index (χ3n) is 4.88. The standard InChI is InChI=1S/C24H14Cl2N2O3/c25-16-7-15(23(30)19(26)10-16)12-27-17-5-6-22-20(11-17)28-24(31-22)18-8-13-3-1-2-4-14(13)9-21(18)29/h1-12,29-30H. The van der Waals surface area contributed by atoms with E-state index in [0.717, 1.165) is 10.8 Å². The topological polar surface area (TPSA) is 78.9 Å². The number of rotatable bonds is 3. The first-order valence-corrected chi connectivity index (χ1v) is 10.1. The molecule has 0 bridgehead atoms. The molecule has 0 aliphatic carbocycles. The van der Waals surface area contributed by atoms with Gasteiger partial charge in [-0.2, -0.15) is 0 Å². The zero-order chi connectivity index (χ0) is 21.5. The smallest absolute Gasteiger partial charge is 0.231 e. The summed E-state index contributed by atoms with van der Waals surface area (Å²) in [6.45, 7) is 0. The predicted octanol–water partition coefficient (Wildman–Crippen LogP) is 7.12. The van der Waals surface area contributed by atoms with Gasteiger partial charge in [0.25, 0.3) is 0 Å². The Balaban J connectivity index is 1.52. The number of benzene rings is 4. The van der Waals surface area contributed by atoms with Gasteiger partial charge in [-0.1, -0.05) is 47.5 Å². The van der Waals surface area contributed by atoms with Crippen molar-refractivity contribution in [1.29, 1.82) is 0 Å². The van der Waals surface area contributed by atoms with Crippen molar-refractivity contribution < 1.29 is 14.6 Å². The zero-order valence-electron chi connectivity index (χ0n) is 15.9. The number of hydrogen-bond donors (Lipinski definition) is 2. The maximum absolute atomic E-state index is 10.5. The molecule has 0 saturated heterocycles. The fraction of sp³-hybridized carbons (Fsp3) is 0. The van der Waals surface area contributed by atoms with Crippen LogP contribution in [0.2, 0.25) is 10.0 Å². The Morgan fingerprint density at radius 3 is 2.48 bits per heavy atom. The quantitative estimate of drug-likeness (QED) is 0.288. The number of hydrogen-bond acceptors (Lipinski definition) is 5. The van der Waals surface area contributed by atoms with Gasteiger partial charge in [0.1, 0.15) is 17.0 Å². The maximum atomic E-state index is 10.5. The van der Waals surface area contributed by atoms with E-state index in [9.17, 15) is 10.2 Å². The van der Waals surface area contributed by atoms with Crippen LogP contribution in [0, 0.1) is 0 Å². The number of nitrogens with zero attached hydrogens (tertiary/aromatic N) is 2. The van der Waals surface area contributed by atoms with Gasteiger partial charge >= 0.3 is 0 Å². The molecule has 0 unspecified atom stereocenters. The number of fused-ring (bicyclic) bond motifs is 2. The van der Waals surface area contributed by atoms with E-state index in [4.69, 9.17) is 27.6 Å². The third kappa shape index (κ3) is 3.69. The summed E-state index contributed by atoms with van der Waals surface area (Å²) in [5.74, 6) is 0.321. The van der Waals surface area contributed by atoms with Gasteiger partial charge in [-0.3, -0.25) is 4.99 Å². The Kier molecular flexibility index (Phi) is 4.77. The van der Waals surface area contributed by atoms with Crippen LogP contribution < -0.4 is 0 Å². The minimum Gasteiger partial charge on any atom is -0.507 e. The van der Waals surface area contributed by atoms with Gasteiger partial charge in [0.05, 0.1) is 16.3 Å². The molecule has 0 saturated carbocycles. The third-order valence-corrected chi connectivity index (χ3v) is 5.38. The lowest BCUT2D eigenvalue weighted by atomic mass is 10.1. The molecule has 31 heavy (non-hydrogen) atoms. The van der Waals surface area contributed by atoms with Gasteiger partial charge in [-0.15, -0.1) is 0 Å². The minimum absolute atomic E-state index is 0.0913. The average molecular weight is 449 g/mol. The van der Waals surface area contributed by atoms with Gasteiger partial charge in [0.15, 0.2) is 5.58 Å². The van der Waals surface area contributed by atoms with Crippen LogP contribution in [0.1, 0.15) is 5.56 Å². The van der Waals surface area contributed by atoms with Gasteiger partial charge in [0.2, 0.25) is 5.89 Å². The summed E-state index contributed by atoms with van der Waals surface area (Å²) in [5.41, 5.74) is 2.67. The molecule has 1 aromatic heterocycles. The van der Waals surface area contributed by atoms with Crippen LogP contribution in [-0.4, -0.2) is 21.4 Å². The van der Waals surface area contributed by atoms with Crippen molar-refractivity contribution in [2.75, 3.05) is 0 Å².